The third-order valence-electron chi connectivity index (χ3n) is 2.11. The van der Waals surface area contributed by atoms with Crippen LogP contribution in [0, 0.1) is 5.92 Å². The van der Waals surface area contributed by atoms with Gasteiger partial charge in [-0.05, 0) is 18.9 Å². The highest BCUT2D eigenvalue weighted by Crippen LogP contribution is 2.15. The van der Waals surface area contributed by atoms with Crippen molar-refractivity contribution in [3.05, 3.63) is 0 Å². The SMILES string of the molecule is CC[C@H]1CCNC[C@H]1O. The molecule has 9 heavy (non-hydrogen) atoms. The second kappa shape index (κ2) is 3.18. The zero-order valence-corrected chi connectivity index (χ0v) is 5.93. The second-order valence-corrected chi connectivity index (χ2v) is 2.73. The molecule has 1 fully saturated rings. The van der Waals surface area contributed by atoms with E-state index in [4.69, 9.17) is 0 Å². The maximum atomic E-state index is 9.31. The summed E-state index contributed by atoms with van der Waals surface area (Å²) in [5.41, 5.74) is 0. The fourth-order valence-corrected chi connectivity index (χ4v) is 1.37. The molecular weight excluding hydrogens is 114 g/mol. The van der Waals surface area contributed by atoms with Crippen molar-refractivity contribution in [1.82, 2.24) is 5.32 Å². The van der Waals surface area contributed by atoms with Gasteiger partial charge in [-0.1, -0.05) is 13.3 Å². The molecule has 0 aromatic carbocycles. The quantitative estimate of drug-likeness (QED) is 0.536. The first kappa shape index (κ1) is 7.03. The topological polar surface area (TPSA) is 32.3 Å². The number of aliphatic hydroxyl groups is 1. The molecule has 1 rings (SSSR count). The summed E-state index contributed by atoms with van der Waals surface area (Å²) in [5.74, 6) is 0.547. The summed E-state index contributed by atoms with van der Waals surface area (Å²) < 4.78 is 0. The molecular formula is C7H15NO. The molecule has 2 N–H and O–H groups in total. The third-order valence-corrected chi connectivity index (χ3v) is 2.11. The minimum absolute atomic E-state index is 0.0938. The van der Waals surface area contributed by atoms with Crippen molar-refractivity contribution >= 4 is 0 Å². The van der Waals surface area contributed by atoms with Gasteiger partial charge in [0.25, 0.3) is 0 Å². The highest BCUT2D eigenvalue weighted by atomic mass is 16.3. The van der Waals surface area contributed by atoms with Gasteiger partial charge in [-0.25, -0.2) is 0 Å². The number of nitrogens with one attached hydrogen (secondary N) is 1. The summed E-state index contributed by atoms with van der Waals surface area (Å²) in [6, 6.07) is 0. The van der Waals surface area contributed by atoms with Crippen LogP contribution in [0.2, 0.25) is 0 Å². The molecule has 1 aliphatic rings. The minimum Gasteiger partial charge on any atom is -0.392 e. The molecule has 1 aliphatic heterocycles. The zero-order valence-electron chi connectivity index (χ0n) is 5.93. The normalized spacial score (nSPS) is 36.7. The van der Waals surface area contributed by atoms with Crippen LogP contribution in [0.25, 0.3) is 0 Å². The molecule has 0 spiro atoms. The maximum absolute atomic E-state index is 9.31. The average Bonchev–Trinajstić information content (AvgIpc) is 1.89. The van der Waals surface area contributed by atoms with E-state index in [0.717, 1.165) is 25.9 Å². The first-order chi connectivity index (χ1) is 4.34. The van der Waals surface area contributed by atoms with Crippen LogP contribution in [-0.4, -0.2) is 24.3 Å². The molecule has 0 aromatic rings. The Morgan fingerprint density at radius 2 is 2.44 bits per heavy atom. The van der Waals surface area contributed by atoms with Crippen LogP contribution >= 0.6 is 0 Å². The highest BCUT2D eigenvalue weighted by Gasteiger charge is 2.19. The Morgan fingerprint density at radius 1 is 1.67 bits per heavy atom. The van der Waals surface area contributed by atoms with Crippen LogP contribution in [0.3, 0.4) is 0 Å². The highest BCUT2D eigenvalue weighted by molar-refractivity contribution is 4.75. The van der Waals surface area contributed by atoms with E-state index < -0.39 is 0 Å². The zero-order chi connectivity index (χ0) is 6.69. The Kier molecular flexibility index (Phi) is 2.49. The number of hydrogen-bond acceptors (Lipinski definition) is 2. The molecule has 0 aliphatic carbocycles. The largest absolute Gasteiger partial charge is 0.392 e. The fraction of sp³-hybridized carbons (Fsp3) is 1.00. The van der Waals surface area contributed by atoms with Gasteiger partial charge in [0.1, 0.15) is 0 Å². The van der Waals surface area contributed by atoms with E-state index in [-0.39, 0.29) is 6.10 Å². The standard InChI is InChI=1S/C7H15NO/c1-2-6-3-4-8-5-7(6)9/h6-9H,2-5H2,1H3/t6-,7+/m0/s1. The number of β-amino-alcohol motifs (C(OH)–C–C–N with tert-alkyl or cyclic N) is 1. The van der Waals surface area contributed by atoms with Crippen molar-refractivity contribution in [2.45, 2.75) is 25.9 Å². The van der Waals surface area contributed by atoms with Crippen LogP contribution in [0.15, 0.2) is 0 Å². The molecule has 1 saturated heterocycles. The van der Waals surface area contributed by atoms with Crippen LogP contribution in [-0.2, 0) is 0 Å². The molecule has 0 aromatic heterocycles. The predicted molar refractivity (Wildman–Crippen MR) is 37.3 cm³/mol. The Balaban J connectivity index is 2.30. The molecule has 0 amide bonds. The van der Waals surface area contributed by atoms with E-state index in [1.807, 2.05) is 0 Å². The van der Waals surface area contributed by atoms with Gasteiger partial charge in [0.05, 0.1) is 6.10 Å². The molecule has 54 valence electrons. The minimum atomic E-state index is -0.0938. The van der Waals surface area contributed by atoms with E-state index in [1.54, 1.807) is 0 Å². The van der Waals surface area contributed by atoms with E-state index in [1.165, 1.54) is 0 Å². The second-order valence-electron chi connectivity index (χ2n) is 2.73. The van der Waals surface area contributed by atoms with Crippen molar-refractivity contribution in [2.24, 2.45) is 5.92 Å². The number of hydrogen-bond donors (Lipinski definition) is 2. The molecule has 2 heteroatoms. The summed E-state index contributed by atoms with van der Waals surface area (Å²) in [4.78, 5) is 0. The van der Waals surface area contributed by atoms with Crippen molar-refractivity contribution < 1.29 is 5.11 Å². The van der Waals surface area contributed by atoms with Crippen molar-refractivity contribution in [3.8, 4) is 0 Å². The number of rotatable bonds is 1. The Hall–Kier alpha value is -0.0800. The van der Waals surface area contributed by atoms with Gasteiger partial charge < -0.3 is 10.4 Å². The van der Waals surface area contributed by atoms with Crippen molar-refractivity contribution in [1.29, 1.82) is 0 Å². The summed E-state index contributed by atoms with van der Waals surface area (Å²) in [6.07, 6.45) is 2.16. The van der Waals surface area contributed by atoms with Gasteiger partial charge in [0, 0.05) is 6.54 Å². The van der Waals surface area contributed by atoms with E-state index in [9.17, 15) is 5.11 Å². The summed E-state index contributed by atoms with van der Waals surface area (Å²) >= 11 is 0. The lowest BCUT2D eigenvalue weighted by atomic mass is 9.93. The molecule has 2 atom stereocenters. The van der Waals surface area contributed by atoms with Gasteiger partial charge in [-0.2, -0.15) is 0 Å². The number of piperidine rings is 1. The van der Waals surface area contributed by atoms with Crippen LogP contribution in [0.4, 0.5) is 0 Å². The molecule has 0 unspecified atom stereocenters. The van der Waals surface area contributed by atoms with Gasteiger partial charge in [-0.3, -0.25) is 0 Å². The average molecular weight is 129 g/mol. The molecule has 0 bridgehead atoms. The predicted octanol–water partition coefficient (Wildman–Crippen LogP) is 0.367. The van der Waals surface area contributed by atoms with Crippen LogP contribution in [0.1, 0.15) is 19.8 Å². The number of aliphatic hydroxyl groups excluding tert-OH is 1. The molecule has 0 saturated carbocycles. The first-order valence-corrected chi connectivity index (χ1v) is 3.73. The summed E-state index contributed by atoms with van der Waals surface area (Å²) in [5, 5.41) is 12.5. The van der Waals surface area contributed by atoms with Gasteiger partial charge >= 0.3 is 0 Å². The van der Waals surface area contributed by atoms with Crippen molar-refractivity contribution in [2.75, 3.05) is 13.1 Å². The van der Waals surface area contributed by atoms with Crippen molar-refractivity contribution in [3.63, 3.8) is 0 Å². The Morgan fingerprint density at radius 3 is 2.89 bits per heavy atom. The van der Waals surface area contributed by atoms with Gasteiger partial charge in [-0.15, -0.1) is 0 Å². The Labute approximate surface area is 56.3 Å². The van der Waals surface area contributed by atoms with E-state index in [0.29, 0.717) is 5.92 Å². The van der Waals surface area contributed by atoms with Gasteiger partial charge in [0.2, 0.25) is 0 Å². The summed E-state index contributed by atoms with van der Waals surface area (Å²) in [6.45, 7) is 4.01. The molecule has 0 radical (unpaired) electrons. The first-order valence-electron chi connectivity index (χ1n) is 3.73. The van der Waals surface area contributed by atoms with E-state index in [2.05, 4.69) is 12.2 Å². The summed E-state index contributed by atoms with van der Waals surface area (Å²) in [7, 11) is 0. The van der Waals surface area contributed by atoms with Gasteiger partial charge in [0.15, 0.2) is 0 Å². The van der Waals surface area contributed by atoms with E-state index >= 15 is 0 Å². The third kappa shape index (κ3) is 1.66. The van der Waals surface area contributed by atoms with Crippen LogP contribution in [0.5, 0.6) is 0 Å². The maximum Gasteiger partial charge on any atom is 0.0693 e. The Bertz CT molecular complexity index is 85.0. The lowest BCUT2D eigenvalue weighted by Gasteiger charge is -2.26. The molecule has 2 nitrogen and oxygen atoms in total. The fourth-order valence-electron chi connectivity index (χ4n) is 1.37. The lowest BCUT2D eigenvalue weighted by molar-refractivity contribution is 0.0799. The lowest BCUT2D eigenvalue weighted by Crippen LogP contribution is -2.40. The smallest absolute Gasteiger partial charge is 0.0693 e. The van der Waals surface area contributed by atoms with Crippen LogP contribution < -0.4 is 5.32 Å². The molecule has 1 heterocycles. The monoisotopic (exact) mass is 129 g/mol.